The average Bonchev–Trinajstić information content (AvgIpc) is 2.37. The van der Waals surface area contributed by atoms with Crippen molar-refractivity contribution in [2.45, 2.75) is 45.8 Å². The van der Waals surface area contributed by atoms with Crippen molar-refractivity contribution < 1.29 is 19.1 Å². The van der Waals surface area contributed by atoms with Gasteiger partial charge in [-0.15, -0.1) is 0 Å². The van der Waals surface area contributed by atoms with Crippen LogP contribution in [0, 0.1) is 0 Å². The highest BCUT2D eigenvalue weighted by Gasteiger charge is 2.22. The summed E-state index contributed by atoms with van der Waals surface area (Å²) < 4.78 is 10.6. The fourth-order valence-electron chi connectivity index (χ4n) is 1.54. The number of carbonyl (C=O) groups excluding carboxylic acids is 2. The number of rotatable bonds is 6. The van der Waals surface area contributed by atoms with Gasteiger partial charge in [-0.2, -0.15) is 0 Å². The third-order valence-corrected chi connectivity index (χ3v) is 2.48. The Labute approximate surface area is 125 Å². The standard InChI is InChI=1S/C16H23NO4/c1-12(15(19)21-16(2,3)4)17-14(18)10-11-20-13-8-6-5-7-9-13/h5-9,12H,10-11H2,1-4H3,(H,17,18)/t12-/m0/s1. The van der Waals surface area contributed by atoms with Gasteiger partial charge in [-0.05, 0) is 39.8 Å². The number of benzene rings is 1. The molecule has 116 valence electrons. The fraction of sp³-hybridized carbons (Fsp3) is 0.500. The van der Waals surface area contributed by atoms with Gasteiger partial charge in [-0.3, -0.25) is 4.79 Å². The topological polar surface area (TPSA) is 64.6 Å². The normalized spacial score (nSPS) is 12.4. The fourth-order valence-corrected chi connectivity index (χ4v) is 1.54. The first-order valence-corrected chi connectivity index (χ1v) is 6.98. The van der Waals surface area contributed by atoms with Crippen LogP contribution < -0.4 is 10.1 Å². The second-order valence-electron chi connectivity index (χ2n) is 5.73. The third-order valence-electron chi connectivity index (χ3n) is 2.48. The zero-order valence-electron chi connectivity index (χ0n) is 13.0. The maximum Gasteiger partial charge on any atom is 0.328 e. The Hall–Kier alpha value is -2.04. The first-order valence-electron chi connectivity index (χ1n) is 6.98. The number of carbonyl (C=O) groups is 2. The quantitative estimate of drug-likeness (QED) is 0.817. The van der Waals surface area contributed by atoms with Gasteiger partial charge in [0.1, 0.15) is 17.4 Å². The molecule has 1 rings (SSSR count). The largest absolute Gasteiger partial charge is 0.493 e. The predicted octanol–water partition coefficient (Wildman–Crippen LogP) is 2.30. The molecule has 1 aromatic rings. The number of hydrogen-bond donors (Lipinski definition) is 1. The van der Waals surface area contributed by atoms with Crippen LogP contribution in [0.25, 0.3) is 0 Å². The minimum Gasteiger partial charge on any atom is -0.493 e. The smallest absolute Gasteiger partial charge is 0.328 e. The van der Waals surface area contributed by atoms with Crippen LogP contribution >= 0.6 is 0 Å². The number of esters is 1. The molecule has 0 aliphatic carbocycles. The SMILES string of the molecule is C[C@H](NC(=O)CCOc1ccccc1)C(=O)OC(C)(C)C. The summed E-state index contributed by atoms with van der Waals surface area (Å²) in [6.07, 6.45) is 0.183. The van der Waals surface area contributed by atoms with Gasteiger partial charge in [0.15, 0.2) is 0 Å². The Balaban J connectivity index is 2.28. The molecule has 1 N–H and O–H groups in total. The molecule has 0 aliphatic heterocycles. The van der Waals surface area contributed by atoms with Gasteiger partial charge in [0.2, 0.25) is 5.91 Å². The van der Waals surface area contributed by atoms with Crippen LogP contribution in [0.1, 0.15) is 34.1 Å². The Morgan fingerprint density at radius 2 is 1.81 bits per heavy atom. The van der Waals surface area contributed by atoms with Gasteiger partial charge in [-0.25, -0.2) is 4.79 Å². The number of hydrogen-bond acceptors (Lipinski definition) is 4. The van der Waals surface area contributed by atoms with Crippen LogP contribution in [0.15, 0.2) is 30.3 Å². The van der Waals surface area contributed by atoms with Crippen LogP contribution in [-0.4, -0.2) is 30.1 Å². The lowest BCUT2D eigenvalue weighted by Gasteiger charge is -2.22. The molecule has 0 heterocycles. The van der Waals surface area contributed by atoms with E-state index in [-0.39, 0.29) is 18.9 Å². The van der Waals surface area contributed by atoms with Gasteiger partial charge in [0, 0.05) is 0 Å². The van der Waals surface area contributed by atoms with Crippen LogP contribution in [0.2, 0.25) is 0 Å². The molecule has 5 nitrogen and oxygen atoms in total. The van der Waals surface area contributed by atoms with E-state index < -0.39 is 17.6 Å². The van der Waals surface area contributed by atoms with E-state index in [0.29, 0.717) is 5.75 Å². The zero-order valence-corrected chi connectivity index (χ0v) is 13.0. The van der Waals surface area contributed by atoms with E-state index in [0.717, 1.165) is 0 Å². The van der Waals surface area contributed by atoms with Gasteiger partial charge >= 0.3 is 5.97 Å². The highest BCUT2D eigenvalue weighted by atomic mass is 16.6. The molecule has 0 spiro atoms. The second-order valence-corrected chi connectivity index (χ2v) is 5.73. The van der Waals surface area contributed by atoms with Crippen molar-refractivity contribution in [1.82, 2.24) is 5.32 Å². The molecule has 0 aliphatic rings. The van der Waals surface area contributed by atoms with E-state index >= 15 is 0 Å². The summed E-state index contributed by atoms with van der Waals surface area (Å²) in [6.45, 7) is 7.22. The van der Waals surface area contributed by atoms with E-state index in [1.807, 2.05) is 30.3 Å². The van der Waals surface area contributed by atoms with Crippen LogP contribution in [0.5, 0.6) is 5.75 Å². The monoisotopic (exact) mass is 293 g/mol. The summed E-state index contributed by atoms with van der Waals surface area (Å²) in [5, 5.41) is 2.60. The molecule has 0 aromatic heterocycles. The molecule has 21 heavy (non-hydrogen) atoms. The maximum atomic E-state index is 11.7. The summed E-state index contributed by atoms with van der Waals surface area (Å²) in [5.74, 6) is 0.0228. The average molecular weight is 293 g/mol. The van der Waals surface area contributed by atoms with Crippen molar-refractivity contribution in [3.05, 3.63) is 30.3 Å². The van der Waals surface area contributed by atoms with Crippen LogP contribution in [0.4, 0.5) is 0 Å². The molecule has 0 saturated heterocycles. The van der Waals surface area contributed by atoms with Crippen molar-refractivity contribution in [1.29, 1.82) is 0 Å². The summed E-state index contributed by atoms with van der Waals surface area (Å²) in [4.78, 5) is 23.4. The molecule has 0 bridgehead atoms. The number of para-hydroxylation sites is 1. The first-order chi connectivity index (χ1) is 9.78. The number of ether oxygens (including phenoxy) is 2. The molecule has 1 atom stereocenters. The summed E-state index contributed by atoms with van der Waals surface area (Å²) in [6, 6.07) is 8.58. The Bertz CT molecular complexity index is 465. The molecule has 0 unspecified atom stereocenters. The van der Waals surface area contributed by atoms with Crippen molar-refractivity contribution >= 4 is 11.9 Å². The van der Waals surface area contributed by atoms with Crippen molar-refractivity contribution in [3.63, 3.8) is 0 Å². The molecular weight excluding hydrogens is 270 g/mol. The second kappa shape index (κ2) is 7.67. The molecule has 0 radical (unpaired) electrons. The van der Waals surface area contributed by atoms with Crippen molar-refractivity contribution in [2.24, 2.45) is 0 Å². The van der Waals surface area contributed by atoms with Gasteiger partial charge < -0.3 is 14.8 Å². The molecular formula is C16H23NO4. The minimum atomic E-state index is -0.673. The Kier molecular flexibility index (Phi) is 6.21. The summed E-state index contributed by atoms with van der Waals surface area (Å²) in [7, 11) is 0. The van der Waals surface area contributed by atoms with E-state index in [2.05, 4.69) is 5.32 Å². The first kappa shape index (κ1) is 17.0. The number of nitrogens with one attached hydrogen (secondary N) is 1. The molecule has 0 fully saturated rings. The summed E-state index contributed by atoms with van der Waals surface area (Å²) in [5.41, 5.74) is -0.563. The van der Waals surface area contributed by atoms with E-state index in [1.165, 1.54) is 0 Å². The Morgan fingerprint density at radius 1 is 1.19 bits per heavy atom. The third kappa shape index (κ3) is 7.34. The van der Waals surface area contributed by atoms with Gasteiger partial charge in [0.25, 0.3) is 0 Å². The highest BCUT2D eigenvalue weighted by molar-refractivity contribution is 5.84. The molecule has 0 saturated carbocycles. The van der Waals surface area contributed by atoms with E-state index in [1.54, 1.807) is 27.7 Å². The van der Waals surface area contributed by atoms with Gasteiger partial charge in [-0.1, -0.05) is 18.2 Å². The maximum absolute atomic E-state index is 11.7. The molecule has 5 heteroatoms. The zero-order chi connectivity index (χ0) is 15.9. The van der Waals surface area contributed by atoms with E-state index in [9.17, 15) is 9.59 Å². The van der Waals surface area contributed by atoms with Crippen molar-refractivity contribution in [2.75, 3.05) is 6.61 Å². The lowest BCUT2D eigenvalue weighted by molar-refractivity contribution is -0.158. The Morgan fingerprint density at radius 3 is 2.38 bits per heavy atom. The van der Waals surface area contributed by atoms with Gasteiger partial charge in [0.05, 0.1) is 13.0 Å². The van der Waals surface area contributed by atoms with Crippen LogP contribution in [0.3, 0.4) is 0 Å². The predicted molar refractivity (Wildman–Crippen MR) is 80.0 cm³/mol. The lowest BCUT2D eigenvalue weighted by Crippen LogP contribution is -2.42. The minimum absolute atomic E-state index is 0.183. The van der Waals surface area contributed by atoms with Crippen molar-refractivity contribution in [3.8, 4) is 5.75 Å². The molecule has 1 aromatic carbocycles. The summed E-state index contributed by atoms with van der Waals surface area (Å²) >= 11 is 0. The highest BCUT2D eigenvalue weighted by Crippen LogP contribution is 2.09. The lowest BCUT2D eigenvalue weighted by atomic mass is 10.2. The number of amides is 1. The van der Waals surface area contributed by atoms with E-state index in [4.69, 9.17) is 9.47 Å². The van der Waals surface area contributed by atoms with Crippen LogP contribution in [-0.2, 0) is 14.3 Å². The molecule has 1 amide bonds.